The molecule has 0 fully saturated rings. The molecule has 0 saturated heterocycles. The molecule has 1 rings (SSSR count). The van der Waals surface area contributed by atoms with E-state index in [9.17, 15) is 4.79 Å². The number of hydrogen-bond donors (Lipinski definition) is 0. The number of ketones is 1. The SMILES string of the molecule is CCC[CH2][Sn]([CH2]CCC)([CH2]CCC)[c]1ccccc1C(=O)CCC. The summed E-state index contributed by atoms with van der Waals surface area (Å²) in [5.74, 6) is 0.388. The van der Waals surface area contributed by atoms with E-state index < -0.39 is 18.4 Å². The van der Waals surface area contributed by atoms with Crippen LogP contribution in [0.15, 0.2) is 24.3 Å². The van der Waals surface area contributed by atoms with Crippen molar-refractivity contribution < 1.29 is 4.79 Å². The van der Waals surface area contributed by atoms with E-state index in [1.54, 1.807) is 3.58 Å². The number of rotatable bonds is 13. The molecule has 0 N–H and O–H groups in total. The molecule has 1 nitrogen and oxygen atoms in total. The average molecular weight is 437 g/mol. The number of unbranched alkanes of at least 4 members (excludes halogenated alkanes) is 3. The van der Waals surface area contributed by atoms with E-state index in [0.717, 1.165) is 12.0 Å². The maximum absolute atomic E-state index is 12.8. The number of Topliss-reactive ketones (excluding diaryl/α,β-unsaturated/α-hetero) is 1. The molecular formula is C22H38OSn. The molecule has 0 heterocycles. The first-order valence-electron chi connectivity index (χ1n) is 10.3. The Morgan fingerprint density at radius 3 is 1.75 bits per heavy atom. The summed E-state index contributed by atoms with van der Waals surface area (Å²) in [6.07, 6.45) is 9.54. The van der Waals surface area contributed by atoms with E-state index in [1.165, 1.54) is 51.8 Å². The van der Waals surface area contributed by atoms with E-state index in [-0.39, 0.29) is 0 Å². The molecule has 0 aliphatic carbocycles. The van der Waals surface area contributed by atoms with Crippen molar-refractivity contribution in [3.05, 3.63) is 29.8 Å². The molecule has 0 aliphatic rings. The van der Waals surface area contributed by atoms with E-state index in [4.69, 9.17) is 0 Å². The molecule has 24 heavy (non-hydrogen) atoms. The van der Waals surface area contributed by atoms with Crippen molar-refractivity contribution in [2.75, 3.05) is 0 Å². The van der Waals surface area contributed by atoms with Crippen molar-refractivity contribution in [2.45, 2.75) is 92.4 Å². The molecule has 1 aromatic carbocycles. The summed E-state index contributed by atoms with van der Waals surface area (Å²) in [5, 5.41) is 0. The van der Waals surface area contributed by atoms with Gasteiger partial charge in [-0.3, -0.25) is 0 Å². The first kappa shape index (κ1) is 21.7. The van der Waals surface area contributed by atoms with Gasteiger partial charge < -0.3 is 0 Å². The summed E-state index contributed by atoms with van der Waals surface area (Å²) < 4.78 is 5.85. The molecule has 0 spiro atoms. The maximum atomic E-state index is 12.8. The van der Waals surface area contributed by atoms with E-state index in [1.807, 2.05) is 0 Å². The minimum atomic E-state index is -2.51. The molecule has 0 aliphatic heterocycles. The van der Waals surface area contributed by atoms with E-state index in [0.29, 0.717) is 12.2 Å². The van der Waals surface area contributed by atoms with Crippen molar-refractivity contribution in [2.24, 2.45) is 0 Å². The Balaban J connectivity index is 3.31. The predicted molar refractivity (Wildman–Crippen MR) is 110 cm³/mol. The van der Waals surface area contributed by atoms with Crippen LogP contribution in [0.25, 0.3) is 0 Å². The van der Waals surface area contributed by atoms with Crippen LogP contribution >= 0.6 is 0 Å². The van der Waals surface area contributed by atoms with Gasteiger partial charge in [-0.25, -0.2) is 0 Å². The number of benzene rings is 1. The standard InChI is InChI=1S/C10H11O.3C4H9.Sn/c1-2-6-10(11)9-7-4-3-5-8-9;3*1-3-4-2;/h3-5,7H,2,6H2,1H3;3*1,3-4H2,2H3;. The second kappa shape index (κ2) is 12.1. The molecule has 136 valence electrons. The molecule has 2 heteroatoms. The Kier molecular flexibility index (Phi) is 11.0. The van der Waals surface area contributed by atoms with Gasteiger partial charge in [-0.15, -0.1) is 0 Å². The van der Waals surface area contributed by atoms with Gasteiger partial charge in [0, 0.05) is 0 Å². The third-order valence-electron chi connectivity index (χ3n) is 5.30. The summed E-state index contributed by atoms with van der Waals surface area (Å²) in [7, 11) is 0. The van der Waals surface area contributed by atoms with Crippen LogP contribution in [0.3, 0.4) is 0 Å². The van der Waals surface area contributed by atoms with Gasteiger partial charge in [0.05, 0.1) is 0 Å². The third-order valence-corrected chi connectivity index (χ3v) is 21.0. The van der Waals surface area contributed by atoms with Crippen LogP contribution < -0.4 is 3.58 Å². The number of carbonyl (C=O) groups excluding carboxylic acids is 1. The van der Waals surface area contributed by atoms with Gasteiger partial charge >= 0.3 is 155 Å². The molecule has 0 unspecified atom stereocenters. The Morgan fingerprint density at radius 2 is 1.29 bits per heavy atom. The Morgan fingerprint density at radius 1 is 0.792 bits per heavy atom. The summed E-state index contributed by atoms with van der Waals surface area (Å²) in [5.41, 5.74) is 1.10. The van der Waals surface area contributed by atoms with Crippen molar-refractivity contribution in [3.8, 4) is 0 Å². The summed E-state index contributed by atoms with van der Waals surface area (Å²) in [6, 6.07) is 8.73. The molecule has 1 aromatic rings. The molecule has 0 bridgehead atoms. The summed E-state index contributed by atoms with van der Waals surface area (Å²) >= 11 is -2.51. The predicted octanol–water partition coefficient (Wildman–Crippen LogP) is 6.73. The van der Waals surface area contributed by atoms with E-state index >= 15 is 0 Å². The van der Waals surface area contributed by atoms with Crippen LogP contribution in [-0.2, 0) is 0 Å². The Bertz CT molecular complexity index is 459. The van der Waals surface area contributed by atoms with Gasteiger partial charge in [0.15, 0.2) is 0 Å². The van der Waals surface area contributed by atoms with Gasteiger partial charge in [0.25, 0.3) is 0 Å². The Labute approximate surface area is 154 Å². The van der Waals surface area contributed by atoms with Crippen LogP contribution in [0.4, 0.5) is 0 Å². The molecule has 0 amide bonds. The van der Waals surface area contributed by atoms with Crippen LogP contribution in [0, 0.1) is 0 Å². The molecule has 0 aromatic heterocycles. The normalized spacial score (nSPS) is 11.7. The van der Waals surface area contributed by atoms with Crippen molar-refractivity contribution in [1.29, 1.82) is 0 Å². The zero-order valence-corrected chi connectivity index (χ0v) is 19.3. The van der Waals surface area contributed by atoms with Crippen molar-refractivity contribution in [3.63, 3.8) is 0 Å². The summed E-state index contributed by atoms with van der Waals surface area (Å²) in [6.45, 7) is 9.04. The van der Waals surface area contributed by atoms with Crippen molar-refractivity contribution in [1.82, 2.24) is 0 Å². The van der Waals surface area contributed by atoms with Gasteiger partial charge in [-0.1, -0.05) is 0 Å². The first-order chi connectivity index (χ1) is 11.6. The van der Waals surface area contributed by atoms with Crippen LogP contribution in [0.2, 0.25) is 13.3 Å². The van der Waals surface area contributed by atoms with Crippen LogP contribution in [0.5, 0.6) is 0 Å². The molecule has 0 saturated carbocycles. The molecular weight excluding hydrogens is 399 g/mol. The number of hydrogen-bond acceptors (Lipinski definition) is 1. The topological polar surface area (TPSA) is 17.1 Å². The molecule has 0 radical (unpaired) electrons. The van der Waals surface area contributed by atoms with Crippen LogP contribution in [-0.4, -0.2) is 24.2 Å². The minimum absolute atomic E-state index is 0.388. The van der Waals surface area contributed by atoms with E-state index in [2.05, 4.69) is 52.0 Å². The second-order valence-corrected chi connectivity index (χ2v) is 20.4. The fraction of sp³-hybridized carbons (Fsp3) is 0.682. The van der Waals surface area contributed by atoms with Crippen molar-refractivity contribution >= 4 is 27.7 Å². The monoisotopic (exact) mass is 438 g/mol. The quantitative estimate of drug-likeness (QED) is 0.247. The summed E-state index contributed by atoms with van der Waals surface area (Å²) in [4.78, 5) is 12.8. The third kappa shape index (κ3) is 6.20. The molecule has 0 atom stereocenters. The zero-order valence-electron chi connectivity index (χ0n) is 16.5. The second-order valence-electron chi connectivity index (χ2n) is 7.31. The Hall–Kier alpha value is -0.311. The fourth-order valence-electron chi connectivity index (χ4n) is 3.87. The zero-order chi connectivity index (χ0) is 17.8. The first-order valence-corrected chi connectivity index (χ1v) is 17.8. The van der Waals surface area contributed by atoms with Gasteiger partial charge in [-0.05, 0) is 0 Å². The van der Waals surface area contributed by atoms with Gasteiger partial charge in [-0.2, -0.15) is 0 Å². The fourth-order valence-corrected chi connectivity index (χ4v) is 20.7. The number of carbonyl (C=O) groups is 1. The average Bonchev–Trinajstić information content (AvgIpc) is 2.62. The van der Waals surface area contributed by atoms with Crippen LogP contribution in [0.1, 0.15) is 89.4 Å². The van der Waals surface area contributed by atoms with Gasteiger partial charge in [0.2, 0.25) is 0 Å². The van der Waals surface area contributed by atoms with Gasteiger partial charge in [0.1, 0.15) is 0 Å².